The van der Waals surface area contributed by atoms with E-state index < -0.39 is 5.97 Å². The average Bonchev–Trinajstić information content (AvgIpc) is 3.05. The van der Waals surface area contributed by atoms with Gasteiger partial charge >= 0.3 is 5.97 Å². The molecule has 3 rings (SSSR count). The molecule has 7 heteroatoms. The zero-order chi connectivity index (χ0) is 21.7. The summed E-state index contributed by atoms with van der Waals surface area (Å²) in [5.74, 6) is 5.01. The molecule has 5 nitrogen and oxygen atoms in total. The molecule has 0 radical (unpaired) electrons. The molecule has 0 fully saturated rings. The first kappa shape index (κ1) is 21.5. The molecule has 150 valence electrons. The molecule has 30 heavy (non-hydrogen) atoms. The number of hydrogen-bond donors (Lipinski definition) is 1. The summed E-state index contributed by atoms with van der Waals surface area (Å²) in [7, 11) is 0. The minimum Gasteiger partial charge on any atom is -0.476 e. The Balaban J connectivity index is 2.03. The van der Waals surface area contributed by atoms with Gasteiger partial charge in [-0.2, -0.15) is 10.4 Å². The lowest BCUT2D eigenvalue weighted by molar-refractivity contribution is 0.0689. The number of aromatic carboxylic acids is 1. The molecule has 1 heterocycles. The van der Waals surface area contributed by atoms with Gasteiger partial charge in [-0.3, -0.25) is 0 Å². The molecule has 0 aliphatic rings. The van der Waals surface area contributed by atoms with E-state index in [4.69, 9.17) is 28.5 Å². The summed E-state index contributed by atoms with van der Waals surface area (Å²) in [6.07, 6.45) is 1.91. The van der Waals surface area contributed by atoms with Crippen LogP contribution in [-0.4, -0.2) is 20.9 Å². The maximum Gasteiger partial charge on any atom is 0.356 e. The summed E-state index contributed by atoms with van der Waals surface area (Å²) < 4.78 is 1.53. The summed E-state index contributed by atoms with van der Waals surface area (Å²) >= 11 is 12.4. The topological polar surface area (TPSA) is 78.9 Å². The van der Waals surface area contributed by atoms with Crippen molar-refractivity contribution in [1.82, 2.24) is 9.78 Å². The molecule has 1 aromatic heterocycles. The lowest BCUT2D eigenvalue weighted by Gasteiger charge is -2.11. The van der Waals surface area contributed by atoms with E-state index in [0.717, 1.165) is 17.5 Å². The molecule has 0 aliphatic carbocycles. The predicted molar refractivity (Wildman–Crippen MR) is 117 cm³/mol. The highest BCUT2D eigenvalue weighted by Gasteiger charge is 2.22. The van der Waals surface area contributed by atoms with Crippen LogP contribution in [0.25, 0.3) is 16.9 Å². The summed E-state index contributed by atoms with van der Waals surface area (Å²) in [5.41, 5.74) is 3.27. The van der Waals surface area contributed by atoms with Crippen LogP contribution in [0.5, 0.6) is 0 Å². The van der Waals surface area contributed by atoms with Crippen molar-refractivity contribution in [1.29, 1.82) is 5.26 Å². The lowest BCUT2D eigenvalue weighted by atomic mass is 10.0. The summed E-state index contributed by atoms with van der Waals surface area (Å²) in [6, 6.07) is 14.5. The first-order valence-corrected chi connectivity index (χ1v) is 9.92. The third-order valence-electron chi connectivity index (χ3n) is 4.44. The van der Waals surface area contributed by atoms with Crippen LogP contribution in [0.4, 0.5) is 0 Å². The number of carboxylic acids is 1. The van der Waals surface area contributed by atoms with Crippen molar-refractivity contribution in [3.05, 3.63) is 69.3 Å². The van der Waals surface area contributed by atoms with Crippen molar-refractivity contribution < 1.29 is 9.90 Å². The normalized spacial score (nSPS) is 10.2. The maximum absolute atomic E-state index is 11.7. The highest BCUT2D eigenvalue weighted by molar-refractivity contribution is 6.35. The number of benzene rings is 2. The van der Waals surface area contributed by atoms with Crippen LogP contribution in [0, 0.1) is 30.1 Å². The largest absolute Gasteiger partial charge is 0.476 e. The molecular formula is C23H17Cl2N3O2. The first-order valence-electron chi connectivity index (χ1n) is 9.17. The van der Waals surface area contributed by atoms with E-state index >= 15 is 0 Å². The Kier molecular flexibility index (Phi) is 6.79. The van der Waals surface area contributed by atoms with Gasteiger partial charge in [-0.25, -0.2) is 9.48 Å². The second kappa shape index (κ2) is 9.50. The Morgan fingerprint density at radius 1 is 1.17 bits per heavy atom. The fraction of sp³-hybridized carbons (Fsp3) is 0.174. The van der Waals surface area contributed by atoms with Gasteiger partial charge in [0.05, 0.1) is 22.5 Å². The number of hydrogen-bond acceptors (Lipinski definition) is 3. The second-order valence-electron chi connectivity index (χ2n) is 6.53. The monoisotopic (exact) mass is 437 g/mol. The number of nitriles is 1. The molecule has 0 spiro atoms. The van der Waals surface area contributed by atoms with Gasteiger partial charge in [0.15, 0.2) is 5.69 Å². The number of halogens is 2. The quantitative estimate of drug-likeness (QED) is 0.398. The van der Waals surface area contributed by atoms with E-state index in [1.807, 2.05) is 24.3 Å². The molecule has 0 atom stereocenters. The number of unbranched alkanes of at least 4 members (excludes halogenated alkanes) is 2. The lowest BCUT2D eigenvalue weighted by Crippen LogP contribution is -2.03. The molecule has 2 aromatic carbocycles. The minimum atomic E-state index is -1.11. The Morgan fingerprint density at radius 2 is 1.90 bits per heavy atom. The van der Waals surface area contributed by atoms with Crippen LogP contribution in [0.3, 0.4) is 0 Å². The van der Waals surface area contributed by atoms with Crippen LogP contribution < -0.4 is 0 Å². The molecule has 3 aromatic rings. The van der Waals surface area contributed by atoms with Crippen LogP contribution in [0.15, 0.2) is 42.5 Å². The van der Waals surface area contributed by atoms with E-state index in [-0.39, 0.29) is 5.69 Å². The SMILES string of the molecule is Cc1c(C(=O)O)nn(-c2ccc(Cl)cc2Cl)c1-c1ccc(C#CCCCC#N)cc1. The Labute approximate surface area is 184 Å². The van der Waals surface area contributed by atoms with Crippen molar-refractivity contribution in [3.63, 3.8) is 0 Å². The maximum atomic E-state index is 11.7. The highest BCUT2D eigenvalue weighted by atomic mass is 35.5. The van der Waals surface area contributed by atoms with Gasteiger partial charge in [0.2, 0.25) is 0 Å². The van der Waals surface area contributed by atoms with Gasteiger partial charge in [-0.05, 0) is 43.7 Å². The van der Waals surface area contributed by atoms with Crippen molar-refractivity contribution >= 4 is 29.2 Å². The fourth-order valence-electron chi connectivity index (χ4n) is 3.00. The Hall–Kier alpha value is -3.25. The molecule has 0 aliphatic heterocycles. The van der Waals surface area contributed by atoms with Gasteiger partial charge in [0.25, 0.3) is 0 Å². The van der Waals surface area contributed by atoms with Gasteiger partial charge < -0.3 is 5.11 Å². The number of carboxylic acid groups (broad SMARTS) is 1. The number of aromatic nitrogens is 2. The molecule has 0 unspecified atom stereocenters. The fourth-order valence-corrected chi connectivity index (χ4v) is 3.49. The number of nitrogens with zero attached hydrogens (tertiary/aromatic N) is 3. The van der Waals surface area contributed by atoms with E-state index in [0.29, 0.717) is 39.8 Å². The van der Waals surface area contributed by atoms with Gasteiger partial charge in [-0.1, -0.05) is 47.2 Å². The number of rotatable bonds is 5. The summed E-state index contributed by atoms with van der Waals surface area (Å²) in [6.45, 7) is 1.72. The van der Waals surface area contributed by atoms with Crippen LogP contribution in [0.2, 0.25) is 10.0 Å². The number of carbonyl (C=O) groups is 1. The van der Waals surface area contributed by atoms with Crippen molar-refractivity contribution in [2.75, 3.05) is 0 Å². The molecule has 0 bridgehead atoms. The molecule has 0 saturated carbocycles. The predicted octanol–water partition coefficient (Wildman–Crippen LogP) is 5.90. The zero-order valence-electron chi connectivity index (χ0n) is 16.1. The van der Waals surface area contributed by atoms with E-state index in [1.54, 1.807) is 25.1 Å². The van der Waals surface area contributed by atoms with E-state index in [9.17, 15) is 9.90 Å². The Bertz CT molecular complexity index is 1200. The molecular weight excluding hydrogens is 421 g/mol. The van der Waals surface area contributed by atoms with E-state index in [2.05, 4.69) is 23.0 Å². The molecule has 0 saturated heterocycles. The van der Waals surface area contributed by atoms with Crippen molar-refractivity contribution in [2.24, 2.45) is 0 Å². The summed E-state index contributed by atoms with van der Waals surface area (Å²) in [5, 5.41) is 23.2. The van der Waals surface area contributed by atoms with Crippen molar-refractivity contribution in [3.8, 4) is 34.9 Å². The van der Waals surface area contributed by atoms with Crippen LogP contribution in [-0.2, 0) is 0 Å². The molecule has 1 N–H and O–H groups in total. The average molecular weight is 438 g/mol. The van der Waals surface area contributed by atoms with Gasteiger partial charge in [-0.15, -0.1) is 0 Å². The first-order chi connectivity index (χ1) is 14.4. The smallest absolute Gasteiger partial charge is 0.356 e. The van der Waals surface area contributed by atoms with Gasteiger partial charge in [0, 0.05) is 34.6 Å². The third-order valence-corrected chi connectivity index (χ3v) is 4.98. The van der Waals surface area contributed by atoms with Crippen molar-refractivity contribution in [2.45, 2.75) is 26.2 Å². The Morgan fingerprint density at radius 3 is 2.53 bits per heavy atom. The van der Waals surface area contributed by atoms with Crippen LogP contribution >= 0.6 is 23.2 Å². The van der Waals surface area contributed by atoms with Crippen LogP contribution in [0.1, 0.15) is 40.9 Å². The van der Waals surface area contributed by atoms with E-state index in [1.165, 1.54) is 4.68 Å². The minimum absolute atomic E-state index is 0.0441. The second-order valence-corrected chi connectivity index (χ2v) is 7.37. The summed E-state index contributed by atoms with van der Waals surface area (Å²) in [4.78, 5) is 11.7. The highest BCUT2D eigenvalue weighted by Crippen LogP contribution is 2.32. The van der Waals surface area contributed by atoms with Gasteiger partial charge in [0.1, 0.15) is 0 Å². The standard InChI is InChI=1S/C23H17Cl2N3O2/c1-15-21(23(29)30)27-28(20-12-11-18(24)14-19(20)25)22(15)17-9-7-16(8-10-17)6-4-2-3-5-13-26/h7-12,14H,2-3,5H2,1H3,(H,29,30). The zero-order valence-corrected chi connectivity index (χ0v) is 17.6. The molecule has 0 amide bonds. The third kappa shape index (κ3) is 4.66.